The predicted molar refractivity (Wildman–Crippen MR) is 49.1 cm³/mol. The summed E-state index contributed by atoms with van der Waals surface area (Å²) >= 11 is 1.64. The molecule has 0 aliphatic carbocycles. The Bertz CT molecular complexity index is 310. The monoisotopic (exact) mass is 159 g/mol. The van der Waals surface area contributed by atoms with E-state index in [1.54, 1.807) is 11.8 Å². The fourth-order valence-electron chi connectivity index (χ4n) is 1.000. The van der Waals surface area contributed by atoms with E-state index in [0.29, 0.717) is 0 Å². The fourth-order valence-corrected chi connectivity index (χ4v) is 1.67. The van der Waals surface area contributed by atoms with Crippen molar-refractivity contribution in [2.45, 2.75) is 4.90 Å². The molecule has 53 valence electrons. The first kappa shape index (κ1) is 6.74. The molecule has 0 spiro atoms. The molecule has 0 atom stereocenters. The molecule has 1 aromatic carbocycles. The van der Waals surface area contributed by atoms with Gasteiger partial charge >= 0.3 is 0 Å². The largest absolute Gasteiger partial charge is 0.0883 e. The second-order valence-electron chi connectivity index (χ2n) is 2.28. The number of thioether (sulfide) groups is 1. The summed E-state index contributed by atoms with van der Waals surface area (Å²) in [5.41, 5.74) is 1.28. The van der Waals surface area contributed by atoms with Crippen molar-refractivity contribution in [2.24, 2.45) is 0 Å². The number of hydrogen-bond acceptors (Lipinski definition) is 1. The fraction of sp³-hybridized carbons (Fsp3) is 0. The van der Waals surface area contributed by atoms with Crippen molar-refractivity contribution in [3.05, 3.63) is 47.4 Å². The molecule has 1 heteroatoms. The van der Waals surface area contributed by atoms with Gasteiger partial charge in [-0.3, -0.25) is 0 Å². The molecule has 0 bridgehead atoms. The second kappa shape index (κ2) is 2.97. The summed E-state index contributed by atoms with van der Waals surface area (Å²) in [6.07, 6.45) is 6.05. The minimum absolute atomic E-state index is 1.28. The van der Waals surface area contributed by atoms with Gasteiger partial charge in [0, 0.05) is 10.3 Å². The molecule has 2 rings (SSSR count). The smallest absolute Gasteiger partial charge is 0.0262 e. The summed E-state index contributed by atoms with van der Waals surface area (Å²) in [6.45, 7) is 0. The highest BCUT2D eigenvalue weighted by Gasteiger charge is 1.97. The quantitative estimate of drug-likeness (QED) is 0.560. The number of hydrogen-bond donors (Lipinski definition) is 0. The summed E-state index contributed by atoms with van der Waals surface area (Å²) in [5.74, 6) is 0. The molecule has 0 amide bonds. The lowest BCUT2D eigenvalue weighted by atomic mass is 10.2. The Hall–Kier alpha value is -0.950. The maximum Gasteiger partial charge on any atom is 0.0262 e. The summed E-state index contributed by atoms with van der Waals surface area (Å²) in [6, 6.07) is 8.32. The Morgan fingerprint density at radius 1 is 1.18 bits per heavy atom. The van der Waals surface area contributed by atoms with Crippen LogP contribution in [0.2, 0.25) is 0 Å². The van der Waals surface area contributed by atoms with E-state index >= 15 is 0 Å². The normalized spacial score (nSPS) is 14.2. The van der Waals surface area contributed by atoms with Gasteiger partial charge in [-0.2, -0.15) is 0 Å². The van der Waals surface area contributed by atoms with Crippen molar-refractivity contribution in [3.8, 4) is 0 Å². The first-order valence-electron chi connectivity index (χ1n) is 3.48. The van der Waals surface area contributed by atoms with E-state index in [1.807, 2.05) is 18.2 Å². The van der Waals surface area contributed by atoms with Crippen LogP contribution in [0.1, 0.15) is 5.56 Å². The van der Waals surface area contributed by atoms with Crippen molar-refractivity contribution >= 4 is 17.8 Å². The van der Waals surface area contributed by atoms with Gasteiger partial charge < -0.3 is 0 Å². The van der Waals surface area contributed by atoms with Crippen LogP contribution in [0.5, 0.6) is 0 Å². The van der Waals surface area contributed by atoms with E-state index < -0.39 is 0 Å². The third-order valence-corrected chi connectivity index (χ3v) is 2.37. The van der Waals surface area contributed by atoms with Crippen LogP contribution in [-0.4, -0.2) is 0 Å². The van der Waals surface area contributed by atoms with Crippen molar-refractivity contribution in [1.82, 2.24) is 0 Å². The van der Waals surface area contributed by atoms with Crippen molar-refractivity contribution in [1.29, 1.82) is 0 Å². The van der Waals surface area contributed by atoms with Crippen LogP contribution in [0.15, 0.2) is 41.3 Å². The first-order chi connectivity index (χ1) is 5.47. The zero-order valence-electron chi connectivity index (χ0n) is 5.95. The highest BCUT2D eigenvalue weighted by molar-refractivity contribution is 8.01. The van der Waals surface area contributed by atoms with Crippen molar-refractivity contribution < 1.29 is 0 Å². The number of benzene rings is 1. The summed E-state index contributed by atoms with van der Waals surface area (Å²) < 4.78 is 0. The molecule has 1 radical (unpaired) electrons. The molecule has 0 saturated carbocycles. The van der Waals surface area contributed by atoms with E-state index in [9.17, 15) is 0 Å². The van der Waals surface area contributed by atoms with Crippen LogP contribution >= 0.6 is 11.8 Å². The Balaban J connectivity index is 2.52. The lowest BCUT2D eigenvalue weighted by Crippen LogP contribution is -1.74. The maximum atomic E-state index is 3.11. The Labute approximate surface area is 70.6 Å². The Morgan fingerprint density at radius 2 is 2.09 bits per heavy atom. The second-order valence-corrected chi connectivity index (χ2v) is 3.16. The van der Waals surface area contributed by atoms with E-state index in [1.165, 1.54) is 10.5 Å². The molecule has 1 aliphatic rings. The Kier molecular flexibility index (Phi) is 1.82. The van der Waals surface area contributed by atoms with Gasteiger partial charge in [0.05, 0.1) is 0 Å². The topological polar surface area (TPSA) is 0 Å². The van der Waals surface area contributed by atoms with Gasteiger partial charge in [0.15, 0.2) is 0 Å². The van der Waals surface area contributed by atoms with Gasteiger partial charge in [0.1, 0.15) is 0 Å². The zero-order valence-corrected chi connectivity index (χ0v) is 6.77. The number of fused-ring (bicyclic) bond motifs is 1. The first-order valence-corrected chi connectivity index (χ1v) is 4.30. The van der Waals surface area contributed by atoms with E-state index in [2.05, 4.69) is 29.7 Å². The summed E-state index contributed by atoms with van der Waals surface area (Å²) in [4.78, 5) is 1.28. The maximum absolute atomic E-state index is 3.11. The third kappa shape index (κ3) is 1.38. The minimum Gasteiger partial charge on any atom is -0.0883 e. The average Bonchev–Trinajstić information content (AvgIpc) is 2.28. The third-order valence-electron chi connectivity index (χ3n) is 1.53. The molecule has 0 saturated heterocycles. The zero-order chi connectivity index (χ0) is 7.52. The van der Waals surface area contributed by atoms with Gasteiger partial charge in [-0.05, 0) is 17.7 Å². The molecule has 0 unspecified atom stereocenters. The molecule has 1 aromatic rings. The highest BCUT2D eigenvalue weighted by Crippen LogP contribution is 2.25. The molecule has 0 aromatic heterocycles. The molecule has 0 nitrogen and oxygen atoms in total. The van der Waals surface area contributed by atoms with Crippen LogP contribution in [-0.2, 0) is 0 Å². The molecule has 0 N–H and O–H groups in total. The Morgan fingerprint density at radius 3 is 3.09 bits per heavy atom. The number of allylic oxidation sites excluding steroid dienone is 2. The lowest BCUT2D eigenvalue weighted by Gasteiger charge is -1.98. The molecule has 1 heterocycles. The van der Waals surface area contributed by atoms with Crippen LogP contribution in [0.3, 0.4) is 0 Å². The molecule has 11 heavy (non-hydrogen) atoms. The van der Waals surface area contributed by atoms with Gasteiger partial charge in [0.25, 0.3) is 0 Å². The summed E-state index contributed by atoms with van der Waals surface area (Å²) in [5, 5.41) is 3.11. The van der Waals surface area contributed by atoms with Gasteiger partial charge in [-0.1, -0.05) is 42.1 Å². The van der Waals surface area contributed by atoms with Crippen LogP contribution < -0.4 is 0 Å². The van der Waals surface area contributed by atoms with Gasteiger partial charge in [0.2, 0.25) is 0 Å². The number of rotatable bonds is 0. The average molecular weight is 159 g/mol. The lowest BCUT2D eigenvalue weighted by molar-refractivity contribution is 1.43. The van der Waals surface area contributed by atoms with Crippen LogP contribution in [0.25, 0.3) is 6.08 Å². The molecular formula is C10H7S. The summed E-state index contributed by atoms with van der Waals surface area (Å²) in [7, 11) is 0. The SMILES string of the molecule is [C]1=CC=Cc2ccccc2S1. The van der Waals surface area contributed by atoms with Crippen molar-refractivity contribution in [2.75, 3.05) is 0 Å². The van der Waals surface area contributed by atoms with Gasteiger partial charge in [-0.15, -0.1) is 0 Å². The molecular weight excluding hydrogens is 152 g/mol. The van der Waals surface area contributed by atoms with Crippen LogP contribution in [0.4, 0.5) is 0 Å². The van der Waals surface area contributed by atoms with Gasteiger partial charge in [-0.25, -0.2) is 0 Å². The van der Waals surface area contributed by atoms with E-state index in [-0.39, 0.29) is 0 Å². The predicted octanol–water partition coefficient (Wildman–Crippen LogP) is 3.12. The standard InChI is InChI=1S/C10H7S/c1-2-7-10-9(5-1)6-3-4-8-11-10/h1-7H. The van der Waals surface area contributed by atoms with Crippen molar-refractivity contribution in [3.63, 3.8) is 0 Å². The van der Waals surface area contributed by atoms with Crippen LogP contribution in [0, 0.1) is 5.41 Å². The van der Waals surface area contributed by atoms with E-state index in [4.69, 9.17) is 0 Å². The minimum atomic E-state index is 1.28. The molecule has 0 fully saturated rings. The highest BCUT2D eigenvalue weighted by atomic mass is 32.2. The van der Waals surface area contributed by atoms with E-state index in [0.717, 1.165) is 0 Å². The molecule has 1 aliphatic heterocycles.